The molecule has 3 rings (SSSR count). The molecule has 1 aliphatic rings. The van der Waals surface area contributed by atoms with Crippen molar-refractivity contribution in [1.29, 1.82) is 0 Å². The molecule has 23 heavy (non-hydrogen) atoms. The average molecular weight is 315 g/mol. The van der Waals surface area contributed by atoms with E-state index >= 15 is 0 Å². The summed E-state index contributed by atoms with van der Waals surface area (Å²) in [7, 11) is 0. The Hall–Kier alpha value is -2.67. The van der Waals surface area contributed by atoms with E-state index in [0.717, 1.165) is 11.3 Å². The van der Waals surface area contributed by atoms with E-state index < -0.39 is 12.0 Å². The number of morpholine rings is 1. The van der Waals surface area contributed by atoms with Crippen LogP contribution in [0.1, 0.15) is 5.56 Å². The lowest BCUT2D eigenvalue weighted by atomic mass is 10.1. The van der Waals surface area contributed by atoms with Gasteiger partial charge in [0.2, 0.25) is 5.91 Å². The number of benzene rings is 1. The first-order valence-electron chi connectivity index (χ1n) is 7.34. The van der Waals surface area contributed by atoms with Gasteiger partial charge in [-0.25, -0.2) is 9.48 Å². The van der Waals surface area contributed by atoms with E-state index in [1.54, 1.807) is 10.9 Å². The van der Waals surface area contributed by atoms with Crippen LogP contribution in [0.25, 0.3) is 5.69 Å². The molecule has 1 aliphatic heterocycles. The molecule has 2 aromatic rings. The molecule has 0 aliphatic carbocycles. The van der Waals surface area contributed by atoms with Crippen molar-refractivity contribution >= 4 is 11.9 Å². The Morgan fingerprint density at radius 2 is 2.09 bits per heavy atom. The third kappa shape index (κ3) is 3.40. The Bertz CT molecular complexity index is 682. The van der Waals surface area contributed by atoms with Gasteiger partial charge in [0, 0.05) is 18.9 Å². The Morgan fingerprint density at radius 1 is 1.30 bits per heavy atom. The van der Waals surface area contributed by atoms with E-state index in [0.29, 0.717) is 13.2 Å². The van der Waals surface area contributed by atoms with E-state index in [2.05, 4.69) is 5.10 Å². The topological polar surface area (TPSA) is 84.7 Å². The molecular weight excluding hydrogens is 298 g/mol. The number of aromatic nitrogens is 2. The van der Waals surface area contributed by atoms with Crippen molar-refractivity contribution in [3.05, 3.63) is 48.3 Å². The number of carboxylic acids is 1. The number of amides is 1. The maximum Gasteiger partial charge on any atom is 0.328 e. The molecule has 120 valence electrons. The molecule has 2 heterocycles. The average Bonchev–Trinajstić information content (AvgIpc) is 3.10. The second kappa shape index (κ2) is 6.62. The number of rotatable bonds is 4. The zero-order valence-corrected chi connectivity index (χ0v) is 12.5. The van der Waals surface area contributed by atoms with Crippen LogP contribution in [-0.2, 0) is 20.7 Å². The molecule has 1 N–H and O–H groups in total. The predicted octanol–water partition coefficient (Wildman–Crippen LogP) is 0.727. The monoisotopic (exact) mass is 315 g/mol. The second-order valence-electron chi connectivity index (χ2n) is 5.31. The van der Waals surface area contributed by atoms with Crippen LogP contribution in [0.3, 0.4) is 0 Å². The molecule has 0 spiro atoms. The summed E-state index contributed by atoms with van der Waals surface area (Å²) in [6.45, 7) is 0.717. The summed E-state index contributed by atoms with van der Waals surface area (Å²) in [5, 5.41) is 13.3. The van der Waals surface area contributed by atoms with Crippen LogP contribution in [0.5, 0.6) is 0 Å². The number of ether oxygens (including phenoxy) is 1. The maximum atomic E-state index is 12.4. The molecule has 1 aromatic heterocycles. The summed E-state index contributed by atoms with van der Waals surface area (Å²) in [4.78, 5) is 25.0. The molecule has 1 aromatic carbocycles. The highest BCUT2D eigenvalue weighted by atomic mass is 16.5. The fraction of sp³-hybridized carbons (Fsp3) is 0.312. The van der Waals surface area contributed by atoms with Crippen molar-refractivity contribution in [2.45, 2.75) is 12.5 Å². The Morgan fingerprint density at radius 3 is 2.74 bits per heavy atom. The van der Waals surface area contributed by atoms with E-state index in [1.165, 1.54) is 4.90 Å². The van der Waals surface area contributed by atoms with Crippen LogP contribution in [0.15, 0.2) is 42.7 Å². The minimum absolute atomic E-state index is 0.0410. The largest absolute Gasteiger partial charge is 0.480 e. The van der Waals surface area contributed by atoms with E-state index in [4.69, 9.17) is 4.74 Å². The summed E-state index contributed by atoms with van der Waals surface area (Å²) in [6.07, 6.45) is 3.70. The highest BCUT2D eigenvalue weighted by Gasteiger charge is 2.32. The fourth-order valence-electron chi connectivity index (χ4n) is 2.57. The van der Waals surface area contributed by atoms with E-state index in [1.807, 2.05) is 36.5 Å². The van der Waals surface area contributed by atoms with Gasteiger partial charge in [-0.05, 0) is 23.8 Å². The van der Waals surface area contributed by atoms with Crippen LogP contribution >= 0.6 is 0 Å². The number of carbonyl (C=O) groups is 2. The van der Waals surface area contributed by atoms with Crippen LogP contribution in [0.2, 0.25) is 0 Å². The van der Waals surface area contributed by atoms with Crippen molar-refractivity contribution in [3.8, 4) is 5.69 Å². The van der Waals surface area contributed by atoms with Gasteiger partial charge in [-0.15, -0.1) is 0 Å². The van der Waals surface area contributed by atoms with Crippen molar-refractivity contribution in [2.75, 3.05) is 19.8 Å². The quantitative estimate of drug-likeness (QED) is 0.899. The number of aliphatic carboxylic acids is 1. The first-order valence-corrected chi connectivity index (χ1v) is 7.34. The lowest BCUT2D eigenvalue weighted by molar-refractivity contribution is -0.158. The number of carboxylic acid groups (broad SMARTS) is 1. The Labute approximate surface area is 133 Å². The van der Waals surface area contributed by atoms with Gasteiger partial charge in [0.25, 0.3) is 0 Å². The number of hydrogen-bond acceptors (Lipinski definition) is 4. The molecule has 1 atom stereocenters. The molecule has 0 saturated carbocycles. The van der Waals surface area contributed by atoms with Crippen LogP contribution in [-0.4, -0.2) is 57.5 Å². The first kappa shape index (κ1) is 15.2. The third-order valence-electron chi connectivity index (χ3n) is 3.79. The Kier molecular flexibility index (Phi) is 4.38. The highest BCUT2D eigenvalue weighted by Crippen LogP contribution is 2.13. The maximum absolute atomic E-state index is 12.4. The first-order chi connectivity index (χ1) is 11.1. The summed E-state index contributed by atoms with van der Waals surface area (Å²) in [5.41, 5.74) is 1.74. The summed E-state index contributed by atoms with van der Waals surface area (Å²) >= 11 is 0. The van der Waals surface area contributed by atoms with E-state index in [-0.39, 0.29) is 18.9 Å². The molecule has 1 fully saturated rings. The molecule has 0 radical (unpaired) electrons. The minimum Gasteiger partial charge on any atom is -0.480 e. The molecule has 1 unspecified atom stereocenters. The predicted molar refractivity (Wildman–Crippen MR) is 81.2 cm³/mol. The summed E-state index contributed by atoms with van der Waals surface area (Å²) in [5.74, 6) is -1.24. The van der Waals surface area contributed by atoms with Gasteiger partial charge in [0.1, 0.15) is 0 Å². The fourth-order valence-corrected chi connectivity index (χ4v) is 2.57. The Balaban J connectivity index is 1.68. The summed E-state index contributed by atoms with van der Waals surface area (Å²) in [6, 6.07) is 8.39. The molecular formula is C16H17N3O4. The molecule has 0 bridgehead atoms. The van der Waals surface area contributed by atoms with Gasteiger partial charge < -0.3 is 14.7 Å². The van der Waals surface area contributed by atoms with Gasteiger partial charge in [0.05, 0.1) is 25.3 Å². The van der Waals surface area contributed by atoms with Gasteiger partial charge in [0.15, 0.2) is 6.04 Å². The van der Waals surface area contributed by atoms with Crippen molar-refractivity contribution < 1.29 is 19.4 Å². The number of carbonyl (C=O) groups excluding carboxylic acids is 1. The second-order valence-corrected chi connectivity index (χ2v) is 5.31. The van der Waals surface area contributed by atoms with Gasteiger partial charge in [-0.1, -0.05) is 12.1 Å². The van der Waals surface area contributed by atoms with Crippen LogP contribution in [0.4, 0.5) is 0 Å². The van der Waals surface area contributed by atoms with E-state index in [9.17, 15) is 14.7 Å². The summed E-state index contributed by atoms with van der Waals surface area (Å²) < 4.78 is 6.88. The zero-order chi connectivity index (χ0) is 16.2. The zero-order valence-electron chi connectivity index (χ0n) is 12.5. The van der Waals surface area contributed by atoms with Crippen LogP contribution < -0.4 is 0 Å². The molecule has 1 saturated heterocycles. The third-order valence-corrected chi connectivity index (χ3v) is 3.79. The molecule has 7 nitrogen and oxygen atoms in total. The SMILES string of the molecule is O=C(O)C1COCCN1C(=O)Cc1ccc(-n2cccn2)cc1. The lowest BCUT2D eigenvalue weighted by Gasteiger charge is -2.32. The van der Waals surface area contributed by atoms with Gasteiger partial charge >= 0.3 is 5.97 Å². The van der Waals surface area contributed by atoms with Gasteiger partial charge in [-0.2, -0.15) is 5.10 Å². The minimum atomic E-state index is -1.04. The van der Waals surface area contributed by atoms with Crippen molar-refractivity contribution in [3.63, 3.8) is 0 Å². The molecule has 1 amide bonds. The van der Waals surface area contributed by atoms with Gasteiger partial charge in [-0.3, -0.25) is 4.79 Å². The lowest BCUT2D eigenvalue weighted by Crippen LogP contribution is -2.53. The highest BCUT2D eigenvalue weighted by molar-refractivity contribution is 5.85. The normalized spacial score (nSPS) is 17.9. The molecule has 7 heteroatoms. The number of nitrogens with zero attached hydrogens (tertiary/aromatic N) is 3. The standard InChI is InChI=1S/C16H17N3O4/c20-15(18-8-9-23-11-14(18)16(21)22)10-12-2-4-13(5-3-12)19-7-1-6-17-19/h1-7,14H,8-11H2,(H,21,22). The number of hydrogen-bond donors (Lipinski definition) is 1. The van der Waals surface area contributed by atoms with Crippen molar-refractivity contribution in [1.82, 2.24) is 14.7 Å². The smallest absolute Gasteiger partial charge is 0.328 e. The van der Waals surface area contributed by atoms with Crippen molar-refractivity contribution in [2.24, 2.45) is 0 Å². The van der Waals surface area contributed by atoms with Crippen LogP contribution in [0, 0.1) is 0 Å².